The van der Waals surface area contributed by atoms with Gasteiger partial charge in [0.1, 0.15) is 12.4 Å². The lowest BCUT2D eigenvalue weighted by atomic mass is 10.1. The van der Waals surface area contributed by atoms with E-state index in [1.807, 2.05) is 0 Å². The lowest BCUT2D eigenvalue weighted by Crippen LogP contribution is -2.34. The van der Waals surface area contributed by atoms with Gasteiger partial charge in [0.15, 0.2) is 0 Å². The Kier molecular flexibility index (Phi) is 5.24. The molecule has 0 bridgehead atoms. The topological polar surface area (TPSA) is 87.7 Å². The molecule has 128 valence electrons. The van der Waals surface area contributed by atoms with Crippen molar-refractivity contribution in [3.8, 4) is 0 Å². The van der Waals surface area contributed by atoms with E-state index in [-0.39, 0.29) is 5.69 Å². The number of aliphatic hydroxyl groups is 1. The maximum absolute atomic E-state index is 10.6. The molecule has 0 aliphatic carbocycles. The van der Waals surface area contributed by atoms with Gasteiger partial charge in [-0.05, 0) is 44.8 Å². The smallest absolute Gasteiger partial charge is 0.306 e. The van der Waals surface area contributed by atoms with Crippen LogP contribution in [0.4, 0.5) is 5.69 Å². The minimum absolute atomic E-state index is 0.0379. The van der Waals surface area contributed by atoms with Gasteiger partial charge in [0, 0.05) is 19.6 Å². The molecule has 0 amide bonds. The van der Waals surface area contributed by atoms with Crippen LogP contribution in [0.1, 0.15) is 19.3 Å². The van der Waals surface area contributed by atoms with Crippen molar-refractivity contribution in [2.75, 3.05) is 39.3 Å². The number of β-amino-alcohol motifs (C(OH)–C–C–N with tert-alkyl or cyclic N) is 1. The third-order valence-corrected chi connectivity index (χ3v) is 4.78. The van der Waals surface area contributed by atoms with Gasteiger partial charge < -0.3 is 14.9 Å². The number of aromatic nitrogens is 2. The zero-order chi connectivity index (χ0) is 16.2. The summed E-state index contributed by atoms with van der Waals surface area (Å²) in [5.41, 5.74) is -0.0379. The van der Waals surface area contributed by atoms with Gasteiger partial charge in [-0.25, -0.2) is 0 Å². The molecule has 8 heteroatoms. The van der Waals surface area contributed by atoms with Crippen LogP contribution in [0, 0.1) is 16.0 Å². The zero-order valence-corrected chi connectivity index (χ0v) is 13.4. The van der Waals surface area contributed by atoms with Crippen LogP contribution >= 0.6 is 0 Å². The Morgan fingerprint density at radius 1 is 1.30 bits per heavy atom. The predicted octanol–water partition coefficient (Wildman–Crippen LogP) is 0.570. The summed E-state index contributed by atoms with van der Waals surface area (Å²) in [6.45, 7) is 6.60. The van der Waals surface area contributed by atoms with Crippen LogP contribution in [0.3, 0.4) is 0 Å². The predicted molar refractivity (Wildman–Crippen MR) is 85.1 cm³/mol. The Balaban J connectivity index is 1.41. The number of hydrogen-bond acceptors (Lipinski definition) is 6. The quantitative estimate of drug-likeness (QED) is 0.583. The highest BCUT2D eigenvalue weighted by Crippen LogP contribution is 2.20. The molecule has 0 saturated carbocycles. The Bertz CT molecular complexity index is 529. The second kappa shape index (κ2) is 7.37. The van der Waals surface area contributed by atoms with E-state index in [1.54, 1.807) is 0 Å². The lowest BCUT2D eigenvalue weighted by Gasteiger charge is -2.22. The summed E-state index contributed by atoms with van der Waals surface area (Å²) in [6.07, 6.45) is 5.87. The van der Waals surface area contributed by atoms with Gasteiger partial charge in [0.05, 0.1) is 17.6 Å². The van der Waals surface area contributed by atoms with Crippen LogP contribution in [-0.4, -0.2) is 75.0 Å². The fraction of sp³-hybridized carbons (Fsp3) is 0.800. The normalized spacial score (nSPS) is 24.3. The first-order valence-electron chi connectivity index (χ1n) is 8.40. The van der Waals surface area contributed by atoms with E-state index in [4.69, 9.17) is 0 Å². The van der Waals surface area contributed by atoms with Crippen LogP contribution in [0.2, 0.25) is 0 Å². The van der Waals surface area contributed by atoms with Crippen molar-refractivity contribution in [2.45, 2.75) is 31.9 Å². The molecular formula is C15H25N5O3. The minimum Gasteiger partial charge on any atom is -0.390 e. The van der Waals surface area contributed by atoms with Crippen molar-refractivity contribution in [3.05, 3.63) is 22.5 Å². The highest BCUT2D eigenvalue weighted by atomic mass is 16.6. The van der Waals surface area contributed by atoms with Crippen molar-refractivity contribution in [3.63, 3.8) is 0 Å². The van der Waals surface area contributed by atoms with Crippen molar-refractivity contribution < 1.29 is 10.0 Å². The fourth-order valence-electron chi connectivity index (χ4n) is 3.68. The van der Waals surface area contributed by atoms with Gasteiger partial charge in [-0.2, -0.15) is 5.10 Å². The first kappa shape index (κ1) is 16.4. The van der Waals surface area contributed by atoms with Crippen LogP contribution in [0.5, 0.6) is 0 Å². The summed E-state index contributed by atoms with van der Waals surface area (Å²) < 4.78 is 1.45. The maximum Gasteiger partial charge on any atom is 0.306 e. The largest absolute Gasteiger partial charge is 0.390 e. The van der Waals surface area contributed by atoms with Crippen LogP contribution < -0.4 is 0 Å². The number of hydrogen-bond donors (Lipinski definition) is 1. The molecule has 1 aromatic rings. The summed E-state index contributed by atoms with van der Waals surface area (Å²) in [6, 6.07) is 0. The molecular weight excluding hydrogens is 298 g/mol. The fourth-order valence-corrected chi connectivity index (χ4v) is 3.68. The standard InChI is InChI=1S/C15H25N5O3/c21-15(12-19-10-14(7-16-19)20(22)23)11-18-6-3-13(9-18)8-17-4-1-2-5-17/h7,10,13,15,21H,1-6,8-9,11-12H2. The highest BCUT2D eigenvalue weighted by Gasteiger charge is 2.26. The molecule has 3 heterocycles. The van der Waals surface area contributed by atoms with Crippen molar-refractivity contribution in [1.29, 1.82) is 0 Å². The molecule has 0 spiro atoms. The average molecular weight is 323 g/mol. The number of aliphatic hydroxyl groups excluding tert-OH is 1. The second-order valence-electron chi connectivity index (χ2n) is 6.75. The van der Waals surface area contributed by atoms with E-state index in [0.29, 0.717) is 19.0 Å². The summed E-state index contributed by atoms with van der Waals surface area (Å²) in [7, 11) is 0. The second-order valence-corrected chi connectivity index (χ2v) is 6.75. The number of rotatable bonds is 7. The maximum atomic E-state index is 10.6. The van der Waals surface area contributed by atoms with Crippen molar-refractivity contribution >= 4 is 5.69 Å². The minimum atomic E-state index is -0.556. The summed E-state index contributed by atoms with van der Waals surface area (Å²) in [5.74, 6) is 0.700. The summed E-state index contributed by atoms with van der Waals surface area (Å²) in [4.78, 5) is 15.0. The van der Waals surface area contributed by atoms with Gasteiger partial charge in [0.2, 0.25) is 0 Å². The molecule has 3 rings (SSSR count). The zero-order valence-electron chi connectivity index (χ0n) is 13.4. The molecule has 1 N–H and O–H groups in total. The molecule has 23 heavy (non-hydrogen) atoms. The molecule has 2 atom stereocenters. The lowest BCUT2D eigenvalue weighted by molar-refractivity contribution is -0.385. The van der Waals surface area contributed by atoms with E-state index < -0.39 is 11.0 Å². The summed E-state index contributed by atoms with van der Waals surface area (Å²) >= 11 is 0. The molecule has 2 fully saturated rings. The third-order valence-electron chi connectivity index (χ3n) is 4.78. The van der Waals surface area contributed by atoms with E-state index in [9.17, 15) is 15.2 Å². The number of nitro groups is 1. The Hall–Kier alpha value is -1.51. The van der Waals surface area contributed by atoms with Crippen LogP contribution in [-0.2, 0) is 6.54 Å². The third kappa shape index (κ3) is 4.49. The average Bonchev–Trinajstić information content (AvgIpc) is 3.21. The van der Waals surface area contributed by atoms with Crippen molar-refractivity contribution in [2.24, 2.45) is 5.92 Å². The highest BCUT2D eigenvalue weighted by molar-refractivity contribution is 5.20. The van der Waals surface area contributed by atoms with Crippen molar-refractivity contribution in [1.82, 2.24) is 19.6 Å². The molecule has 0 aromatic carbocycles. The number of likely N-dealkylation sites (tertiary alicyclic amines) is 2. The molecule has 2 unspecified atom stereocenters. The first-order chi connectivity index (χ1) is 11.1. The summed E-state index contributed by atoms with van der Waals surface area (Å²) in [5, 5.41) is 24.8. The molecule has 2 aliphatic heterocycles. The van der Waals surface area contributed by atoms with Crippen LogP contribution in [0.25, 0.3) is 0 Å². The monoisotopic (exact) mass is 323 g/mol. The van der Waals surface area contributed by atoms with Crippen LogP contribution in [0.15, 0.2) is 12.4 Å². The molecule has 2 saturated heterocycles. The van der Waals surface area contributed by atoms with Gasteiger partial charge in [-0.3, -0.25) is 14.8 Å². The SMILES string of the molecule is O=[N+]([O-])c1cnn(CC(O)CN2CCC(CN3CCCC3)C2)c1. The van der Waals surface area contributed by atoms with E-state index in [2.05, 4.69) is 14.9 Å². The molecule has 1 aromatic heterocycles. The van der Waals surface area contributed by atoms with Gasteiger partial charge in [-0.15, -0.1) is 0 Å². The first-order valence-corrected chi connectivity index (χ1v) is 8.40. The molecule has 0 radical (unpaired) electrons. The van der Waals surface area contributed by atoms with Gasteiger partial charge in [-0.1, -0.05) is 0 Å². The Labute approximate surface area is 135 Å². The van der Waals surface area contributed by atoms with E-state index in [1.165, 1.54) is 56.0 Å². The van der Waals surface area contributed by atoms with E-state index in [0.717, 1.165) is 13.1 Å². The van der Waals surface area contributed by atoms with E-state index >= 15 is 0 Å². The molecule has 8 nitrogen and oxygen atoms in total. The molecule has 2 aliphatic rings. The Morgan fingerprint density at radius 2 is 2.09 bits per heavy atom. The Morgan fingerprint density at radius 3 is 2.78 bits per heavy atom. The van der Waals surface area contributed by atoms with Gasteiger partial charge in [0.25, 0.3) is 0 Å². The number of nitrogens with zero attached hydrogens (tertiary/aromatic N) is 5. The van der Waals surface area contributed by atoms with Gasteiger partial charge >= 0.3 is 5.69 Å².